The molecule has 0 spiro atoms. The lowest BCUT2D eigenvalue weighted by Crippen LogP contribution is -2.32. The third-order valence-corrected chi connectivity index (χ3v) is 4.96. The Morgan fingerprint density at radius 3 is 2.72 bits per heavy atom. The van der Waals surface area contributed by atoms with E-state index >= 15 is 0 Å². The molecule has 2 aromatic heterocycles. The lowest BCUT2D eigenvalue weighted by Gasteiger charge is -2.19. The molecule has 32 heavy (non-hydrogen) atoms. The van der Waals surface area contributed by atoms with Gasteiger partial charge in [0.25, 0.3) is 0 Å². The number of carbonyl (C=O) groups is 2. The second-order valence-corrected chi connectivity index (χ2v) is 8.63. The highest BCUT2D eigenvalue weighted by Gasteiger charge is 2.19. The highest BCUT2D eigenvalue weighted by Crippen LogP contribution is 2.38. The van der Waals surface area contributed by atoms with Crippen LogP contribution in [-0.2, 0) is 18.3 Å². The van der Waals surface area contributed by atoms with E-state index in [4.69, 9.17) is 9.15 Å². The number of nitrogens with one attached hydrogen (secondary N) is 1. The number of nitrogens with zero attached hydrogens (tertiary/aromatic N) is 2. The van der Waals surface area contributed by atoms with E-state index in [0.29, 0.717) is 17.7 Å². The highest BCUT2D eigenvalue weighted by atomic mass is 16.6. The van der Waals surface area contributed by atoms with Gasteiger partial charge in [-0.3, -0.25) is 9.48 Å². The molecule has 0 aliphatic heterocycles. The summed E-state index contributed by atoms with van der Waals surface area (Å²) in [6.45, 7) is 5.78. The summed E-state index contributed by atoms with van der Waals surface area (Å²) in [5.41, 5.74) is 4.92. The van der Waals surface area contributed by atoms with Gasteiger partial charge >= 0.3 is 6.09 Å². The predicted octanol–water partition coefficient (Wildman–Crippen LogP) is 5.34. The van der Waals surface area contributed by atoms with E-state index in [1.165, 1.54) is 0 Å². The van der Waals surface area contributed by atoms with Crippen LogP contribution in [0.2, 0.25) is 0 Å². The van der Waals surface area contributed by atoms with Crippen LogP contribution in [0.15, 0.2) is 59.5 Å². The molecule has 0 fully saturated rings. The number of furan rings is 1. The maximum absolute atomic E-state index is 12.0. The second kappa shape index (κ2) is 8.34. The van der Waals surface area contributed by atoms with Gasteiger partial charge in [-0.25, -0.2) is 4.79 Å². The number of aromatic nitrogens is 2. The summed E-state index contributed by atoms with van der Waals surface area (Å²) in [6, 6.07) is 11.4. The van der Waals surface area contributed by atoms with Gasteiger partial charge in [0.1, 0.15) is 11.2 Å². The molecule has 1 amide bonds. The lowest BCUT2D eigenvalue weighted by atomic mass is 9.92. The minimum atomic E-state index is -0.557. The van der Waals surface area contributed by atoms with Crippen LogP contribution in [-0.4, -0.2) is 27.8 Å². The molecule has 0 aliphatic rings. The monoisotopic (exact) mass is 431 g/mol. The van der Waals surface area contributed by atoms with Crippen molar-refractivity contribution in [3.8, 4) is 22.3 Å². The molecule has 2 aromatic carbocycles. The number of ether oxygens (including phenoxy) is 1. The number of aryl methyl sites for hydroxylation is 1. The van der Waals surface area contributed by atoms with Crippen molar-refractivity contribution < 1.29 is 18.7 Å². The van der Waals surface area contributed by atoms with Crippen LogP contribution >= 0.6 is 0 Å². The van der Waals surface area contributed by atoms with Crippen LogP contribution in [0, 0.1) is 0 Å². The van der Waals surface area contributed by atoms with Crippen molar-refractivity contribution in [1.29, 1.82) is 0 Å². The minimum absolute atomic E-state index is 0.318. The number of alkyl carbamates (subject to hydrolysis) is 1. The third kappa shape index (κ3) is 4.42. The van der Waals surface area contributed by atoms with Crippen LogP contribution in [0.25, 0.3) is 33.2 Å². The number of hydrogen-bond donors (Lipinski definition) is 1. The first-order valence-corrected chi connectivity index (χ1v) is 10.3. The molecule has 7 nitrogen and oxygen atoms in total. The van der Waals surface area contributed by atoms with Crippen molar-refractivity contribution in [3.05, 3.63) is 66.2 Å². The lowest BCUT2D eigenvalue weighted by molar-refractivity contribution is 0.0523. The summed E-state index contributed by atoms with van der Waals surface area (Å²) in [7, 11) is 1.84. The van der Waals surface area contributed by atoms with Crippen molar-refractivity contribution in [2.45, 2.75) is 32.9 Å². The van der Waals surface area contributed by atoms with Crippen molar-refractivity contribution in [3.63, 3.8) is 0 Å². The summed E-state index contributed by atoms with van der Waals surface area (Å²) >= 11 is 0. The summed E-state index contributed by atoms with van der Waals surface area (Å²) < 4.78 is 12.8. The van der Waals surface area contributed by atoms with Gasteiger partial charge in [-0.2, -0.15) is 5.10 Å². The Morgan fingerprint density at radius 1 is 1.22 bits per heavy atom. The fraction of sp³-hybridized carbons (Fsp3) is 0.240. The molecule has 0 unspecified atom stereocenters. The molecule has 0 saturated carbocycles. The summed E-state index contributed by atoms with van der Waals surface area (Å²) in [6.07, 6.45) is 5.61. The molecular formula is C25H25N3O4. The van der Waals surface area contributed by atoms with Crippen molar-refractivity contribution in [2.24, 2.45) is 7.05 Å². The summed E-state index contributed by atoms with van der Waals surface area (Å²) in [5.74, 6) is 0. The van der Waals surface area contributed by atoms with Crippen LogP contribution < -0.4 is 5.32 Å². The molecule has 2 heterocycles. The molecule has 0 bridgehead atoms. The quantitative estimate of drug-likeness (QED) is 0.431. The second-order valence-electron chi connectivity index (χ2n) is 8.63. The van der Waals surface area contributed by atoms with Gasteiger partial charge in [0.15, 0.2) is 6.29 Å². The highest BCUT2D eigenvalue weighted by molar-refractivity contribution is 6.08. The van der Waals surface area contributed by atoms with Gasteiger partial charge in [0.05, 0.1) is 12.5 Å². The van der Waals surface area contributed by atoms with E-state index in [-0.39, 0.29) is 0 Å². The molecule has 164 valence electrons. The van der Waals surface area contributed by atoms with Gasteiger partial charge in [0, 0.05) is 47.4 Å². The molecule has 4 rings (SSSR count). The number of aldehydes is 1. The van der Waals surface area contributed by atoms with E-state index < -0.39 is 11.7 Å². The number of fused-ring (bicyclic) bond motifs is 1. The SMILES string of the molecule is Cn1cc(-c2c(C=O)cc(-c3cccc(CNC(=O)OC(C)(C)C)c3)c3occc23)cn1. The molecule has 0 aliphatic carbocycles. The van der Waals surface area contributed by atoms with E-state index in [1.54, 1.807) is 17.1 Å². The van der Waals surface area contributed by atoms with Gasteiger partial charge in [-0.1, -0.05) is 18.2 Å². The standard InChI is InChI=1S/C25H25N3O4/c1-25(2,3)32-24(30)26-12-16-6-5-7-17(10-16)21-11-18(15-29)22(19-13-27-28(4)14-19)20-8-9-31-23(20)21/h5-11,13-15H,12H2,1-4H3,(H,26,30). The van der Waals surface area contributed by atoms with Gasteiger partial charge in [-0.15, -0.1) is 0 Å². The van der Waals surface area contributed by atoms with Gasteiger partial charge in [0.2, 0.25) is 0 Å². The number of benzene rings is 2. The van der Waals surface area contributed by atoms with Crippen molar-refractivity contribution >= 4 is 23.3 Å². The largest absolute Gasteiger partial charge is 0.464 e. The smallest absolute Gasteiger partial charge is 0.407 e. The Hall–Kier alpha value is -3.87. The van der Waals surface area contributed by atoms with Crippen LogP contribution in [0.1, 0.15) is 36.7 Å². The zero-order valence-corrected chi connectivity index (χ0v) is 18.5. The first-order chi connectivity index (χ1) is 15.2. The molecule has 1 N–H and O–H groups in total. The maximum atomic E-state index is 12.0. The zero-order valence-electron chi connectivity index (χ0n) is 18.5. The Balaban J connectivity index is 1.70. The number of carbonyl (C=O) groups excluding carboxylic acids is 2. The Bertz CT molecular complexity index is 1290. The average molecular weight is 431 g/mol. The first kappa shape index (κ1) is 21.4. The van der Waals surface area contributed by atoms with E-state index in [2.05, 4.69) is 10.4 Å². The zero-order chi connectivity index (χ0) is 22.9. The molecule has 4 aromatic rings. The van der Waals surface area contributed by atoms with Gasteiger partial charge in [-0.05, 0) is 50.1 Å². The molecule has 0 radical (unpaired) electrons. The van der Waals surface area contributed by atoms with Crippen molar-refractivity contribution in [1.82, 2.24) is 15.1 Å². The molecule has 7 heteroatoms. The first-order valence-electron chi connectivity index (χ1n) is 10.3. The molecular weight excluding hydrogens is 406 g/mol. The fourth-order valence-electron chi connectivity index (χ4n) is 3.68. The Labute approximate surface area is 186 Å². The predicted molar refractivity (Wildman–Crippen MR) is 122 cm³/mol. The van der Waals surface area contributed by atoms with E-state index in [1.807, 2.05) is 70.4 Å². The topological polar surface area (TPSA) is 86.4 Å². The van der Waals surface area contributed by atoms with Gasteiger partial charge < -0.3 is 14.5 Å². The maximum Gasteiger partial charge on any atom is 0.407 e. The van der Waals surface area contributed by atoms with Crippen LogP contribution in [0.3, 0.4) is 0 Å². The van der Waals surface area contributed by atoms with Crippen molar-refractivity contribution in [2.75, 3.05) is 0 Å². The number of rotatable bonds is 5. The average Bonchev–Trinajstić information content (AvgIpc) is 3.39. The summed E-state index contributed by atoms with van der Waals surface area (Å²) in [5, 5.41) is 7.85. The molecule has 0 saturated heterocycles. The number of amides is 1. The number of hydrogen-bond acceptors (Lipinski definition) is 5. The third-order valence-electron chi connectivity index (χ3n) is 4.96. The Kier molecular flexibility index (Phi) is 5.57. The Morgan fingerprint density at radius 2 is 2.03 bits per heavy atom. The van der Waals surface area contributed by atoms with Crippen LogP contribution in [0.4, 0.5) is 4.79 Å². The summed E-state index contributed by atoms with van der Waals surface area (Å²) in [4.78, 5) is 24.0. The van der Waals surface area contributed by atoms with E-state index in [0.717, 1.165) is 39.5 Å². The fourth-order valence-corrected chi connectivity index (χ4v) is 3.68. The van der Waals surface area contributed by atoms with Crippen LogP contribution in [0.5, 0.6) is 0 Å². The normalized spacial score (nSPS) is 11.5. The molecule has 0 atom stereocenters. The minimum Gasteiger partial charge on any atom is -0.464 e. The van der Waals surface area contributed by atoms with E-state index in [9.17, 15) is 9.59 Å².